The third kappa shape index (κ3) is 5.95. The van der Waals surface area contributed by atoms with Gasteiger partial charge in [-0.05, 0) is 30.4 Å². The molecule has 3 rings (SSSR count). The zero-order valence-corrected chi connectivity index (χ0v) is 20.1. The minimum absolute atomic E-state index is 0.231. The summed E-state index contributed by atoms with van der Waals surface area (Å²) in [4.78, 5) is 36.9. The maximum absolute atomic E-state index is 12.3. The number of phosphoric acid groups is 1. The summed E-state index contributed by atoms with van der Waals surface area (Å²) in [5.74, 6) is -0.215. The van der Waals surface area contributed by atoms with Crippen molar-refractivity contribution in [2.75, 3.05) is 18.0 Å². The Morgan fingerprint density at radius 1 is 1.26 bits per heavy atom. The molecule has 1 unspecified atom stereocenters. The van der Waals surface area contributed by atoms with Crippen LogP contribution >= 0.6 is 19.6 Å². The topological polar surface area (TPSA) is 174 Å². The van der Waals surface area contributed by atoms with E-state index < -0.39 is 25.1 Å². The monoisotopic (exact) mass is 501 g/mol. The molecule has 1 saturated heterocycles. The first-order valence-corrected chi connectivity index (χ1v) is 13.0. The Labute approximate surface area is 201 Å². The fourth-order valence-electron chi connectivity index (χ4n) is 3.89. The van der Waals surface area contributed by atoms with Gasteiger partial charge in [0.1, 0.15) is 28.2 Å². The second-order valence-electron chi connectivity index (χ2n) is 7.64. The van der Waals surface area contributed by atoms with Gasteiger partial charge < -0.3 is 20.4 Å². The quantitative estimate of drug-likeness (QED) is 0.360. The SMILES string of the molecule is CCc1c(C#N)c(SC(C(N)=O)c2ccccc2)nc(N2CCC(OP(=O)(O)O)CC2)c1C#N. The molecule has 0 radical (unpaired) electrons. The number of hydrogen-bond acceptors (Lipinski definition) is 8. The molecule has 4 N–H and O–H groups in total. The fraction of sp³-hybridized carbons (Fsp3) is 0.364. The molecule has 1 aliphatic rings. The van der Waals surface area contributed by atoms with Gasteiger partial charge in [-0.25, -0.2) is 9.55 Å². The molecule has 2 heterocycles. The van der Waals surface area contributed by atoms with Crippen molar-refractivity contribution < 1.29 is 23.7 Å². The zero-order valence-electron chi connectivity index (χ0n) is 18.4. The van der Waals surface area contributed by atoms with Crippen LogP contribution in [0.1, 0.15) is 47.3 Å². The summed E-state index contributed by atoms with van der Waals surface area (Å²) in [6.07, 6.45) is 0.447. The van der Waals surface area contributed by atoms with Gasteiger partial charge in [0.15, 0.2) is 0 Å². The molecular formula is C22H24N5O5PS. The van der Waals surface area contributed by atoms with E-state index >= 15 is 0 Å². The molecule has 0 saturated carbocycles. The number of thioether (sulfide) groups is 1. The van der Waals surface area contributed by atoms with Gasteiger partial charge in [-0.1, -0.05) is 49.0 Å². The van der Waals surface area contributed by atoms with Crippen LogP contribution in [0.2, 0.25) is 0 Å². The normalized spacial score (nSPS) is 15.4. The highest BCUT2D eigenvalue weighted by molar-refractivity contribution is 8.00. The van der Waals surface area contributed by atoms with Crippen molar-refractivity contribution in [1.82, 2.24) is 4.98 Å². The van der Waals surface area contributed by atoms with Crippen LogP contribution in [0.5, 0.6) is 0 Å². The molecule has 2 aromatic rings. The third-order valence-corrected chi connectivity index (χ3v) is 7.28. The number of aromatic nitrogens is 1. The number of amides is 1. The van der Waals surface area contributed by atoms with Gasteiger partial charge in [0.2, 0.25) is 5.91 Å². The Hall–Kier alpha value is -2.92. The number of benzene rings is 1. The van der Waals surface area contributed by atoms with E-state index in [0.29, 0.717) is 54.3 Å². The van der Waals surface area contributed by atoms with Gasteiger partial charge in [-0.15, -0.1) is 0 Å². The highest BCUT2D eigenvalue weighted by Gasteiger charge is 2.31. The van der Waals surface area contributed by atoms with E-state index in [1.165, 1.54) is 0 Å². The number of nitrogens with two attached hydrogens (primary N) is 1. The zero-order chi connectivity index (χ0) is 24.9. The molecule has 12 heteroatoms. The standard InChI is InChI=1S/C22H24N5O5PS/c1-2-16-17(12-23)21(27-10-8-15(9-11-27)32-33(29,30)31)26-22(18(16)13-24)34-19(20(25)28)14-6-4-3-5-7-14/h3-7,15,19H,2,8-11H2,1H3,(H2,25,28)(H2,29,30,31). The van der Waals surface area contributed by atoms with E-state index in [-0.39, 0.29) is 11.1 Å². The molecule has 1 aliphatic heterocycles. The number of anilines is 1. The molecule has 1 aromatic carbocycles. The van der Waals surface area contributed by atoms with Gasteiger partial charge >= 0.3 is 7.82 Å². The number of nitriles is 2. The van der Waals surface area contributed by atoms with Gasteiger partial charge in [0.05, 0.1) is 17.2 Å². The number of carbonyl (C=O) groups is 1. The van der Waals surface area contributed by atoms with Crippen LogP contribution < -0.4 is 10.6 Å². The fourth-order valence-corrected chi connectivity index (χ4v) is 5.55. The van der Waals surface area contributed by atoms with Crippen LogP contribution in [-0.2, 0) is 20.3 Å². The van der Waals surface area contributed by atoms with Gasteiger partial charge in [-0.3, -0.25) is 9.32 Å². The number of pyridine rings is 1. The molecule has 1 fully saturated rings. The molecule has 178 valence electrons. The van der Waals surface area contributed by atoms with Crippen molar-refractivity contribution >= 4 is 31.3 Å². The lowest BCUT2D eigenvalue weighted by Crippen LogP contribution is -2.38. The van der Waals surface area contributed by atoms with E-state index in [1.807, 2.05) is 17.9 Å². The minimum atomic E-state index is -4.60. The Morgan fingerprint density at radius 3 is 2.38 bits per heavy atom. The van der Waals surface area contributed by atoms with Gasteiger partial charge in [0.25, 0.3) is 0 Å². The first kappa shape index (κ1) is 25.7. The maximum Gasteiger partial charge on any atom is 0.469 e. The van der Waals surface area contributed by atoms with Crippen molar-refractivity contribution in [3.63, 3.8) is 0 Å². The smallest absolute Gasteiger partial charge is 0.368 e. The third-order valence-electron chi connectivity index (χ3n) is 5.44. The second kappa shape index (κ2) is 11.0. The van der Waals surface area contributed by atoms with E-state index in [1.54, 1.807) is 24.3 Å². The van der Waals surface area contributed by atoms with Crippen molar-refractivity contribution in [2.45, 2.75) is 42.6 Å². The van der Waals surface area contributed by atoms with Crippen molar-refractivity contribution in [2.24, 2.45) is 5.73 Å². The molecule has 1 atom stereocenters. The first-order chi connectivity index (χ1) is 16.2. The lowest BCUT2D eigenvalue weighted by atomic mass is 10.0. The Balaban J connectivity index is 2.01. The highest BCUT2D eigenvalue weighted by Crippen LogP contribution is 2.42. The Bertz CT molecular complexity index is 1180. The lowest BCUT2D eigenvalue weighted by Gasteiger charge is -2.33. The summed E-state index contributed by atoms with van der Waals surface area (Å²) >= 11 is 1.06. The number of carbonyl (C=O) groups excluding carboxylic acids is 1. The highest BCUT2D eigenvalue weighted by atomic mass is 32.2. The molecular weight excluding hydrogens is 477 g/mol. The number of primary amides is 1. The molecule has 0 bridgehead atoms. The first-order valence-electron chi connectivity index (χ1n) is 10.5. The van der Waals surface area contributed by atoms with Crippen molar-refractivity contribution in [3.05, 3.63) is 52.6 Å². The Morgan fingerprint density at radius 2 is 1.88 bits per heavy atom. The molecule has 0 spiro atoms. The largest absolute Gasteiger partial charge is 0.469 e. The summed E-state index contributed by atoms with van der Waals surface area (Å²) in [6, 6.07) is 13.2. The van der Waals surface area contributed by atoms with E-state index in [2.05, 4.69) is 17.1 Å². The number of rotatable bonds is 8. The number of hydrogen-bond donors (Lipinski definition) is 3. The van der Waals surface area contributed by atoms with E-state index in [0.717, 1.165) is 11.8 Å². The van der Waals surface area contributed by atoms with Crippen LogP contribution in [0.25, 0.3) is 0 Å². The molecule has 0 aliphatic carbocycles. The van der Waals surface area contributed by atoms with Crippen molar-refractivity contribution in [1.29, 1.82) is 10.5 Å². The van der Waals surface area contributed by atoms with Crippen LogP contribution in [0.4, 0.5) is 5.82 Å². The average molecular weight is 502 g/mol. The molecule has 1 aromatic heterocycles. The Kier molecular flexibility index (Phi) is 8.32. The lowest BCUT2D eigenvalue weighted by molar-refractivity contribution is -0.117. The minimum Gasteiger partial charge on any atom is -0.368 e. The van der Waals surface area contributed by atoms with Gasteiger partial charge in [-0.2, -0.15) is 10.5 Å². The van der Waals surface area contributed by atoms with Crippen LogP contribution in [-0.4, -0.2) is 39.9 Å². The van der Waals surface area contributed by atoms with Crippen molar-refractivity contribution in [3.8, 4) is 12.1 Å². The summed E-state index contributed by atoms with van der Waals surface area (Å²) in [5.41, 5.74) is 7.37. The number of nitrogens with zero attached hydrogens (tertiary/aromatic N) is 4. The van der Waals surface area contributed by atoms with Gasteiger partial charge in [0, 0.05) is 13.1 Å². The average Bonchev–Trinajstić information content (AvgIpc) is 2.81. The van der Waals surface area contributed by atoms with E-state index in [4.69, 9.17) is 20.0 Å². The summed E-state index contributed by atoms with van der Waals surface area (Å²) in [7, 11) is -4.60. The predicted octanol–water partition coefficient (Wildman–Crippen LogP) is 2.78. The second-order valence-corrected chi connectivity index (χ2v) is 9.93. The summed E-state index contributed by atoms with van der Waals surface area (Å²) in [6.45, 7) is 2.53. The van der Waals surface area contributed by atoms with Crippen LogP contribution in [0, 0.1) is 22.7 Å². The van der Waals surface area contributed by atoms with Crippen LogP contribution in [0.15, 0.2) is 35.4 Å². The van der Waals surface area contributed by atoms with E-state index in [9.17, 15) is 19.9 Å². The number of piperidine rings is 1. The number of phosphoric ester groups is 1. The maximum atomic E-state index is 12.3. The molecule has 34 heavy (non-hydrogen) atoms. The molecule has 10 nitrogen and oxygen atoms in total. The summed E-state index contributed by atoms with van der Waals surface area (Å²) in [5, 5.41) is 19.3. The summed E-state index contributed by atoms with van der Waals surface area (Å²) < 4.78 is 16.0. The predicted molar refractivity (Wildman–Crippen MR) is 126 cm³/mol. The molecule has 1 amide bonds. The van der Waals surface area contributed by atoms with Crippen LogP contribution in [0.3, 0.4) is 0 Å².